The topological polar surface area (TPSA) is 56.7 Å². The van der Waals surface area contributed by atoms with Crippen molar-refractivity contribution in [2.24, 2.45) is 4.99 Å². The Balaban J connectivity index is 1.86. The summed E-state index contributed by atoms with van der Waals surface area (Å²) in [6, 6.07) is 4.21. The fourth-order valence-electron chi connectivity index (χ4n) is 2.47. The highest BCUT2D eigenvalue weighted by Gasteiger charge is 2.29. The van der Waals surface area contributed by atoms with Crippen LogP contribution in [0.2, 0.25) is 0 Å². The minimum atomic E-state index is 0.0100. The van der Waals surface area contributed by atoms with E-state index in [1.807, 2.05) is 11.8 Å². The van der Waals surface area contributed by atoms with Crippen molar-refractivity contribution in [3.05, 3.63) is 22.4 Å². The van der Waals surface area contributed by atoms with Crippen molar-refractivity contribution in [2.45, 2.75) is 30.9 Å². The highest BCUT2D eigenvalue weighted by Crippen LogP contribution is 2.36. The van der Waals surface area contributed by atoms with Gasteiger partial charge in [0.1, 0.15) is 6.54 Å². The van der Waals surface area contributed by atoms with Crippen LogP contribution in [-0.2, 0) is 11.2 Å². The van der Waals surface area contributed by atoms with Crippen molar-refractivity contribution in [2.75, 3.05) is 39.5 Å². The number of carbonyl (C=O) groups is 1. The van der Waals surface area contributed by atoms with E-state index in [4.69, 9.17) is 0 Å². The summed E-state index contributed by atoms with van der Waals surface area (Å²) in [7, 11) is 3.51. The summed E-state index contributed by atoms with van der Waals surface area (Å²) in [5.74, 6) is 1.97. The van der Waals surface area contributed by atoms with Gasteiger partial charge in [-0.05, 0) is 43.4 Å². The maximum absolute atomic E-state index is 11.8. The molecule has 0 aromatic carbocycles. The Kier molecular flexibility index (Phi) is 7.42. The van der Waals surface area contributed by atoms with E-state index < -0.39 is 0 Å². The zero-order valence-corrected chi connectivity index (χ0v) is 16.4. The minimum absolute atomic E-state index is 0.0100. The van der Waals surface area contributed by atoms with Crippen LogP contribution < -0.4 is 10.6 Å². The fraction of sp³-hybridized carbons (Fsp3) is 0.647. The SMILES string of the molecule is CN(C)C(=O)CN=C(NCCc1cccs1)NCC1(C)CCCS1. The monoisotopic (exact) mass is 368 g/mol. The minimum Gasteiger partial charge on any atom is -0.356 e. The average Bonchev–Trinajstić information content (AvgIpc) is 3.21. The van der Waals surface area contributed by atoms with Crippen LogP contribution in [0.25, 0.3) is 0 Å². The van der Waals surface area contributed by atoms with Crippen LogP contribution >= 0.6 is 23.1 Å². The molecule has 0 saturated carbocycles. The number of guanidine groups is 1. The molecule has 1 aromatic rings. The Morgan fingerprint density at radius 2 is 2.25 bits per heavy atom. The Hall–Kier alpha value is -1.21. The van der Waals surface area contributed by atoms with Crippen LogP contribution in [0.5, 0.6) is 0 Å². The lowest BCUT2D eigenvalue weighted by atomic mass is 10.1. The van der Waals surface area contributed by atoms with Crippen LogP contribution in [0.1, 0.15) is 24.6 Å². The normalized spacial score (nSPS) is 20.9. The molecule has 1 fully saturated rings. The largest absolute Gasteiger partial charge is 0.356 e. The summed E-state index contributed by atoms with van der Waals surface area (Å²) in [5, 5.41) is 8.88. The van der Waals surface area contributed by atoms with Gasteiger partial charge in [0, 0.05) is 36.8 Å². The number of hydrogen-bond acceptors (Lipinski definition) is 4. The molecule has 0 bridgehead atoms. The summed E-state index contributed by atoms with van der Waals surface area (Å²) < 4.78 is 0.266. The van der Waals surface area contributed by atoms with Gasteiger partial charge in [0.25, 0.3) is 0 Å². The highest BCUT2D eigenvalue weighted by molar-refractivity contribution is 8.00. The number of likely N-dealkylation sites (N-methyl/N-ethyl adjacent to an activating group) is 1. The van der Waals surface area contributed by atoms with E-state index in [2.05, 4.69) is 40.1 Å². The third kappa shape index (κ3) is 6.36. The molecule has 2 N–H and O–H groups in total. The molecule has 5 nitrogen and oxygen atoms in total. The second-order valence-electron chi connectivity index (χ2n) is 6.46. The van der Waals surface area contributed by atoms with Gasteiger partial charge in [-0.15, -0.1) is 11.3 Å². The standard InChI is InChI=1S/C17H28N4OS2/c1-17(8-5-11-24-17)13-20-16(19-12-15(22)21(2)3)18-9-7-14-6-4-10-23-14/h4,6,10H,5,7-9,11-13H2,1-3H3,(H2,18,19,20). The lowest BCUT2D eigenvalue weighted by molar-refractivity contribution is -0.127. The number of carbonyl (C=O) groups excluding carboxylic acids is 1. The van der Waals surface area contributed by atoms with Crippen LogP contribution in [0, 0.1) is 0 Å². The quantitative estimate of drug-likeness (QED) is 0.572. The molecular formula is C17H28N4OS2. The number of aliphatic imine (C=N–C) groups is 1. The molecule has 134 valence electrons. The zero-order chi connectivity index (χ0) is 17.4. The second kappa shape index (κ2) is 9.32. The van der Waals surface area contributed by atoms with Crippen molar-refractivity contribution < 1.29 is 4.79 Å². The molecule has 24 heavy (non-hydrogen) atoms. The van der Waals surface area contributed by atoms with E-state index in [1.54, 1.807) is 30.3 Å². The number of nitrogens with zero attached hydrogens (tertiary/aromatic N) is 2. The maximum atomic E-state index is 11.8. The first kappa shape index (κ1) is 19.1. The first-order valence-electron chi connectivity index (χ1n) is 8.37. The predicted octanol–water partition coefficient (Wildman–Crippen LogP) is 2.20. The van der Waals surface area contributed by atoms with Crippen molar-refractivity contribution in [3.8, 4) is 0 Å². The summed E-state index contributed by atoms with van der Waals surface area (Å²) >= 11 is 3.78. The zero-order valence-electron chi connectivity index (χ0n) is 14.8. The summed E-state index contributed by atoms with van der Waals surface area (Å²) in [6.45, 7) is 4.15. The molecular weight excluding hydrogens is 340 g/mol. The van der Waals surface area contributed by atoms with E-state index in [1.165, 1.54) is 23.5 Å². The van der Waals surface area contributed by atoms with Crippen LogP contribution in [0.3, 0.4) is 0 Å². The highest BCUT2D eigenvalue weighted by atomic mass is 32.2. The van der Waals surface area contributed by atoms with E-state index in [0.29, 0.717) is 0 Å². The number of thiophene rings is 1. The van der Waals surface area contributed by atoms with Gasteiger partial charge in [-0.3, -0.25) is 4.79 Å². The van der Waals surface area contributed by atoms with Gasteiger partial charge in [0.15, 0.2) is 5.96 Å². The molecule has 1 aromatic heterocycles. The molecule has 0 radical (unpaired) electrons. The predicted molar refractivity (Wildman–Crippen MR) is 105 cm³/mol. The summed E-state index contributed by atoms with van der Waals surface area (Å²) in [4.78, 5) is 19.2. The van der Waals surface area contributed by atoms with Gasteiger partial charge < -0.3 is 15.5 Å². The number of hydrogen-bond donors (Lipinski definition) is 2. The maximum Gasteiger partial charge on any atom is 0.243 e. The second-order valence-corrected chi connectivity index (χ2v) is 9.18. The van der Waals surface area contributed by atoms with Gasteiger partial charge in [-0.2, -0.15) is 11.8 Å². The summed E-state index contributed by atoms with van der Waals surface area (Å²) in [5.41, 5.74) is 0. The van der Waals surface area contributed by atoms with E-state index in [9.17, 15) is 4.79 Å². The molecule has 7 heteroatoms. The molecule has 1 aliphatic heterocycles. The summed E-state index contributed by atoms with van der Waals surface area (Å²) in [6.07, 6.45) is 3.47. The van der Waals surface area contributed by atoms with Crippen molar-refractivity contribution >= 4 is 35.0 Å². The molecule has 2 heterocycles. The Labute approximate surface area is 153 Å². The molecule has 0 aliphatic carbocycles. The van der Waals surface area contributed by atoms with Crippen molar-refractivity contribution in [1.82, 2.24) is 15.5 Å². The van der Waals surface area contributed by atoms with Crippen LogP contribution in [0.4, 0.5) is 0 Å². The smallest absolute Gasteiger partial charge is 0.243 e. The first-order chi connectivity index (χ1) is 11.5. The average molecular weight is 369 g/mol. The molecule has 0 spiro atoms. The molecule has 2 rings (SSSR count). The van der Waals surface area contributed by atoms with E-state index in [0.717, 1.165) is 25.5 Å². The van der Waals surface area contributed by atoms with Gasteiger partial charge in [-0.1, -0.05) is 6.07 Å². The lowest BCUT2D eigenvalue weighted by Gasteiger charge is -2.24. The third-order valence-electron chi connectivity index (χ3n) is 4.05. The van der Waals surface area contributed by atoms with Crippen LogP contribution in [0.15, 0.2) is 22.5 Å². The lowest BCUT2D eigenvalue weighted by Crippen LogP contribution is -2.44. The molecule has 1 unspecified atom stereocenters. The van der Waals surface area contributed by atoms with E-state index >= 15 is 0 Å². The number of nitrogens with one attached hydrogen (secondary N) is 2. The third-order valence-corrected chi connectivity index (χ3v) is 6.52. The van der Waals surface area contributed by atoms with Crippen LogP contribution in [-0.4, -0.2) is 61.0 Å². The van der Waals surface area contributed by atoms with Gasteiger partial charge in [0.2, 0.25) is 5.91 Å². The molecule has 1 aliphatic rings. The Morgan fingerprint density at radius 1 is 1.42 bits per heavy atom. The van der Waals surface area contributed by atoms with Crippen molar-refractivity contribution in [1.29, 1.82) is 0 Å². The Morgan fingerprint density at radius 3 is 2.88 bits per heavy atom. The first-order valence-corrected chi connectivity index (χ1v) is 10.2. The number of amides is 1. The van der Waals surface area contributed by atoms with E-state index in [-0.39, 0.29) is 17.2 Å². The molecule has 1 saturated heterocycles. The fourth-order valence-corrected chi connectivity index (χ4v) is 4.42. The number of rotatable bonds is 7. The van der Waals surface area contributed by atoms with Gasteiger partial charge in [-0.25, -0.2) is 4.99 Å². The van der Waals surface area contributed by atoms with Crippen molar-refractivity contribution in [3.63, 3.8) is 0 Å². The van der Waals surface area contributed by atoms with Gasteiger partial charge >= 0.3 is 0 Å². The Bertz CT molecular complexity index is 537. The molecule has 1 amide bonds. The number of thioether (sulfide) groups is 1. The molecule has 1 atom stereocenters. The van der Waals surface area contributed by atoms with Gasteiger partial charge in [0.05, 0.1) is 0 Å².